The first kappa shape index (κ1) is 23.4. The number of thiazole rings is 1. The Morgan fingerprint density at radius 2 is 1.91 bits per heavy atom. The van der Waals surface area contributed by atoms with E-state index in [1.807, 2.05) is 0 Å². The van der Waals surface area contributed by atoms with Crippen LogP contribution in [0.15, 0.2) is 48.0 Å². The van der Waals surface area contributed by atoms with Gasteiger partial charge >= 0.3 is 6.18 Å². The predicted octanol–water partition coefficient (Wildman–Crippen LogP) is 5.38. The number of carbonyl (C=O) groups excluding carboxylic acids is 1. The van der Waals surface area contributed by atoms with Gasteiger partial charge in [-0.2, -0.15) is 13.2 Å². The third-order valence-electron chi connectivity index (χ3n) is 5.26. The fraction of sp³-hybridized carbons (Fsp3) is 0.318. The number of anilines is 2. The van der Waals surface area contributed by atoms with Crippen LogP contribution in [0, 0.1) is 0 Å². The molecule has 1 saturated carbocycles. The number of benzene rings is 1. The van der Waals surface area contributed by atoms with Crippen molar-refractivity contribution < 1.29 is 22.2 Å². The van der Waals surface area contributed by atoms with E-state index in [2.05, 4.69) is 20.0 Å². The average Bonchev–Trinajstić information content (AvgIpc) is 3.52. The molecule has 0 bridgehead atoms. The molecule has 1 atom stereocenters. The number of carbonyl (C=O) groups is 1. The summed E-state index contributed by atoms with van der Waals surface area (Å²) in [6.07, 6.45) is -1.15. The lowest BCUT2D eigenvalue weighted by Crippen LogP contribution is -2.35. The van der Waals surface area contributed by atoms with Crippen molar-refractivity contribution in [1.29, 1.82) is 0 Å². The van der Waals surface area contributed by atoms with Crippen molar-refractivity contribution in [2.45, 2.75) is 43.5 Å². The highest BCUT2D eigenvalue weighted by atomic mass is 32.2. The Balaban J connectivity index is 1.44. The van der Waals surface area contributed by atoms with Crippen LogP contribution in [-0.4, -0.2) is 25.3 Å². The molecule has 4 rings (SSSR count). The topological polar surface area (TPSA) is 84.0 Å². The van der Waals surface area contributed by atoms with E-state index in [1.165, 1.54) is 29.7 Å². The maximum atomic E-state index is 13.0. The number of rotatable bonds is 7. The number of halogens is 3. The van der Waals surface area contributed by atoms with Gasteiger partial charge in [0, 0.05) is 17.1 Å². The van der Waals surface area contributed by atoms with Crippen LogP contribution in [0.3, 0.4) is 0 Å². The van der Waals surface area contributed by atoms with E-state index in [0.717, 1.165) is 25.0 Å². The van der Waals surface area contributed by atoms with E-state index in [4.69, 9.17) is 0 Å². The standard InChI is InChI=1S/C22H21F3N4O2S2/c1-21(2,17-12-32-20(27-17)29-33(31)16-7-8-16)19(30)28-18-9-6-14(11-26-18)13-4-3-5-15(10-13)22(23,24)25/h3-6,9-12,16H,7-8H2,1-2H3,(H,27,29)(H,26,28,30). The Labute approximate surface area is 195 Å². The number of pyridine rings is 1. The van der Waals surface area contributed by atoms with Gasteiger partial charge in [0.15, 0.2) is 5.13 Å². The van der Waals surface area contributed by atoms with Gasteiger partial charge in [-0.15, -0.1) is 11.3 Å². The largest absolute Gasteiger partial charge is 0.416 e. The van der Waals surface area contributed by atoms with E-state index < -0.39 is 28.1 Å². The first-order chi connectivity index (χ1) is 15.5. The van der Waals surface area contributed by atoms with Gasteiger partial charge in [0.2, 0.25) is 5.91 Å². The minimum absolute atomic E-state index is 0.165. The molecular weight excluding hydrogens is 473 g/mol. The molecular formula is C22H21F3N4O2S2. The van der Waals surface area contributed by atoms with E-state index in [-0.39, 0.29) is 17.0 Å². The molecule has 1 fully saturated rings. The van der Waals surface area contributed by atoms with Gasteiger partial charge in [-0.25, -0.2) is 14.2 Å². The zero-order valence-corrected chi connectivity index (χ0v) is 19.4. The van der Waals surface area contributed by atoms with Crippen LogP contribution >= 0.6 is 11.3 Å². The summed E-state index contributed by atoms with van der Waals surface area (Å²) in [5.74, 6) is -0.0748. The van der Waals surface area contributed by atoms with Crippen LogP contribution in [0.5, 0.6) is 0 Å². The van der Waals surface area contributed by atoms with Crippen LogP contribution in [0.2, 0.25) is 0 Å². The highest BCUT2D eigenvalue weighted by Crippen LogP contribution is 2.33. The molecule has 174 valence electrons. The second-order valence-electron chi connectivity index (χ2n) is 8.23. The molecule has 1 aliphatic carbocycles. The molecule has 0 aliphatic heterocycles. The van der Waals surface area contributed by atoms with Crippen LogP contribution in [0.25, 0.3) is 11.1 Å². The van der Waals surface area contributed by atoms with E-state index in [1.54, 1.807) is 31.4 Å². The fourth-order valence-corrected chi connectivity index (χ4v) is 5.07. The molecule has 0 radical (unpaired) electrons. The minimum atomic E-state index is -4.43. The zero-order valence-electron chi connectivity index (χ0n) is 17.8. The summed E-state index contributed by atoms with van der Waals surface area (Å²) in [6, 6.07) is 8.12. The summed E-state index contributed by atoms with van der Waals surface area (Å²) in [4.78, 5) is 21.5. The van der Waals surface area contributed by atoms with Gasteiger partial charge in [0.05, 0.1) is 21.9 Å². The normalized spacial score (nSPS) is 15.2. The average molecular weight is 495 g/mol. The number of hydrogen-bond donors (Lipinski definition) is 2. The Bertz CT molecular complexity index is 1190. The maximum absolute atomic E-state index is 13.0. The van der Waals surface area contributed by atoms with Gasteiger partial charge in [0.25, 0.3) is 0 Å². The van der Waals surface area contributed by atoms with Crippen LogP contribution in [-0.2, 0) is 27.4 Å². The molecule has 2 heterocycles. The monoisotopic (exact) mass is 494 g/mol. The highest BCUT2D eigenvalue weighted by Gasteiger charge is 2.34. The lowest BCUT2D eigenvalue weighted by molar-refractivity contribution is -0.137. The molecule has 2 aromatic heterocycles. The summed E-state index contributed by atoms with van der Waals surface area (Å²) in [7, 11) is -1.17. The van der Waals surface area contributed by atoms with Gasteiger partial charge in [-0.3, -0.25) is 9.52 Å². The van der Waals surface area contributed by atoms with Crippen LogP contribution < -0.4 is 10.0 Å². The fourth-order valence-electron chi connectivity index (χ4n) is 2.96. The molecule has 11 heteroatoms. The molecule has 1 aliphatic rings. The van der Waals surface area contributed by atoms with Gasteiger partial charge in [0.1, 0.15) is 16.8 Å². The molecule has 1 amide bonds. The summed E-state index contributed by atoms with van der Waals surface area (Å²) >= 11 is 1.29. The first-order valence-corrected chi connectivity index (χ1v) is 12.2. The Kier molecular flexibility index (Phi) is 6.28. The van der Waals surface area contributed by atoms with E-state index in [0.29, 0.717) is 22.0 Å². The third kappa shape index (κ3) is 5.41. The lowest BCUT2D eigenvalue weighted by atomic mass is 9.89. The quantitative estimate of drug-likeness (QED) is 0.462. The molecule has 3 aromatic rings. The summed E-state index contributed by atoms with van der Waals surface area (Å²) in [5, 5.41) is 5.14. The number of amides is 1. The second kappa shape index (κ2) is 8.86. The van der Waals surface area contributed by atoms with Gasteiger partial charge < -0.3 is 5.32 Å². The first-order valence-electron chi connectivity index (χ1n) is 10.1. The second-order valence-corrected chi connectivity index (χ2v) is 10.6. The molecule has 2 N–H and O–H groups in total. The molecule has 1 aromatic carbocycles. The van der Waals surface area contributed by atoms with Crippen molar-refractivity contribution in [2.75, 3.05) is 10.0 Å². The smallest absolute Gasteiger partial charge is 0.310 e. The van der Waals surface area contributed by atoms with E-state index >= 15 is 0 Å². The molecule has 33 heavy (non-hydrogen) atoms. The SMILES string of the molecule is CC(C)(C(=O)Nc1ccc(-c2cccc(C(F)(F)F)c2)cn1)c1csc(NS(=O)C2CC2)n1. The number of aromatic nitrogens is 2. The summed E-state index contributed by atoms with van der Waals surface area (Å²) in [5.41, 5.74) is -0.323. The van der Waals surface area contributed by atoms with E-state index in [9.17, 15) is 22.2 Å². The van der Waals surface area contributed by atoms with Crippen LogP contribution in [0.1, 0.15) is 37.9 Å². The molecule has 0 spiro atoms. The molecule has 1 unspecified atom stereocenters. The predicted molar refractivity (Wildman–Crippen MR) is 123 cm³/mol. The van der Waals surface area contributed by atoms with Crippen molar-refractivity contribution in [3.05, 3.63) is 59.2 Å². The maximum Gasteiger partial charge on any atom is 0.416 e. The molecule has 0 saturated heterocycles. The van der Waals surface area contributed by atoms with Crippen molar-refractivity contribution in [3.8, 4) is 11.1 Å². The van der Waals surface area contributed by atoms with Crippen molar-refractivity contribution in [3.63, 3.8) is 0 Å². The van der Waals surface area contributed by atoms with Gasteiger partial charge in [-0.05, 0) is 56.5 Å². The van der Waals surface area contributed by atoms with Crippen molar-refractivity contribution >= 4 is 39.2 Å². The Morgan fingerprint density at radius 1 is 1.15 bits per heavy atom. The summed E-state index contributed by atoms with van der Waals surface area (Å²) in [6.45, 7) is 3.44. The Hall–Kier alpha value is -2.79. The number of alkyl halides is 3. The Morgan fingerprint density at radius 3 is 2.55 bits per heavy atom. The minimum Gasteiger partial charge on any atom is -0.310 e. The molecule has 6 nitrogen and oxygen atoms in total. The highest BCUT2D eigenvalue weighted by molar-refractivity contribution is 7.87. The number of nitrogens with zero attached hydrogens (tertiary/aromatic N) is 2. The van der Waals surface area contributed by atoms with Crippen molar-refractivity contribution in [2.24, 2.45) is 0 Å². The van der Waals surface area contributed by atoms with Crippen molar-refractivity contribution in [1.82, 2.24) is 9.97 Å². The van der Waals surface area contributed by atoms with Crippen LogP contribution in [0.4, 0.5) is 24.1 Å². The number of nitrogens with one attached hydrogen (secondary N) is 2. The number of hydrogen-bond acceptors (Lipinski definition) is 5. The lowest BCUT2D eigenvalue weighted by Gasteiger charge is -2.21. The zero-order chi connectivity index (χ0) is 23.8. The third-order valence-corrected chi connectivity index (χ3v) is 7.61. The van der Waals surface area contributed by atoms with Gasteiger partial charge in [-0.1, -0.05) is 12.1 Å². The summed E-state index contributed by atoms with van der Waals surface area (Å²) < 4.78 is 53.8.